The number of hydrogen-bond donors (Lipinski definition) is 2. The van der Waals surface area contributed by atoms with Gasteiger partial charge >= 0.3 is 0 Å². The van der Waals surface area contributed by atoms with Gasteiger partial charge in [-0.05, 0) is 51.3 Å². The summed E-state index contributed by atoms with van der Waals surface area (Å²) in [6, 6.07) is 15.1. The SMILES string of the molecule is Cc1ccc(CNC(=O)c2ccccc2NC(=O)CSc2nc(C)c(C)n2C[C@H]2CCCO2)cc1. The third-order valence-corrected chi connectivity index (χ3v) is 7.16. The van der Waals surface area contributed by atoms with Crippen molar-refractivity contribution in [2.24, 2.45) is 0 Å². The van der Waals surface area contributed by atoms with Crippen molar-refractivity contribution < 1.29 is 14.3 Å². The van der Waals surface area contributed by atoms with E-state index in [-0.39, 0.29) is 23.7 Å². The standard InChI is InChI=1S/C27H32N4O3S/c1-18-10-12-21(13-11-18)15-28-26(33)23-8-4-5-9-24(23)30-25(32)17-35-27-29-19(2)20(3)31(27)16-22-7-6-14-34-22/h4-5,8-13,22H,6-7,14-17H2,1-3H3,(H,28,33)(H,30,32)/t22-/m1/s1. The number of rotatable bonds is 9. The fourth-order valence-electron chi connectivity index (χ4n) is 4.03. The van der Waals surface area contributed by atoms with Gasteiger partial charge in [-0.1, -0.05) is 53.7 Å². The van der Waals surface area contributed by atoms with Gasteiger partial charge in [0.05, 0.1) is 35.3 Å². The molecule has 0 aliphatic carbocycles. The highest BCUT2D eigenvalue weighted by Gasteiger charge is 2.21. The Morgan fingerprint density at radius 1 is 1.11 bits per heavy atom. The van der Waals surface area contributed by atoms with E-state index in [4.69, 9.17) is 4.74 Å². The number of amides is 2. The lowest BCUT2D eigenvalue weighted by Crippen LogP contribution is -2.25. The molecule has 35 heavy (non-hydrogen) atoms. The number of carbonyl (C=O) groups excluding carboxylic acids is 2. The molecule has 1 aliphatic heterocycles. The maximum atomic E-state index is 12.8. The first-order valence-electron chi connectivity index (χ1n) is 11.9. The highest BCUT2D eigenvalue weighted by atomic mass is 32.2. The van der Waals surface area contributed by atoms with Crippen LogP contribution in [0.1, 0.15) is 45.7 Å². The fourth-order valence-corrected chi connectivity index (χ4v) is 4.93. The molecule has 184 valence electrons. The predicted octanol–water partition coefficient (Wildman–Crippen LogP) is 4.65. The van der Waals surface area contributed by atoms with Crippen molar-refractivity contribution in [3.05, 3.63) is 76.6 Å². The highest BCUT2D eigenvalue weighted by molar-refractivity contribution is 7.99. The van der Waals surface area contributed by atoms with Crippen molar-refractivity contribution >= 4 is 29.3 Å². The molecule has 1 atom stereocenters. The molecule has 1 fully saturated rings. The summed E-state index contributed by atoms with van der Waals surface area (Å²) < 4.78 is 7.94. The number of imidazole rings is 1. The summed E-state index contributed by atoms with van der Waals surface area (Å²) in [5.41, 5.74) is 5.18. The summed E-state index contributed by atoms with van der Waals surface area (Å²) in [5.74, 6) is -0.218. The molecule has 0 bridgehead atoms. The van der Waals surface area contributed by atoms with Gasteiger partial charge in [-0.3, -0.25) is 9.59 Å². The average molecular weight is 493 g/mol. The number of carbonyl (C=O) groups is 2. The Kier molecular flexibility index (Phi) is 8.25. The molecule has 0 saturated carbocycles. The number of aromatic nitrogens is 2. The van der Waals surface area contributed by atoms with Crippen LogP contribution in [-0.4, -0.2) is 39.8 Å². The molecule has 1 aromatic heterocycles. The van der Waals surface area contributed by atoms with Crippen molar-refractivity contribution in [1.29, 1.82) is 0 Å². The van der Waals surface area contributed by atoms with Crippen LogP contribution in [0.4, 0.5) is 5.69 Å². The summed E-state index contributed by atoms with van der Waals surface area (Å²) in [4.78, 5) is 30.3. The maximum Gasteiger partial charge on any atom is 0.253 e. The molecule has 2 N–H and O–H groups in total. The number of ether oxygens (including phenoxy) is 1. The molecule has 8 heteroatoms. The van der Waals surface area contributed by atoms with E-state index in [2.05, 4.69) is 20.2 Å². The van der Waals surface area contributed by atoms with E-state index in [0.29, 0.717) is 17.8 Å². The first-order chi connectivity index (χ1) is 16.9. The summed E-state index contributed by atoms with van der Waals surface area (Å²) >= 11 is 1.40. The first-order valence-corrected chi connectivity index (χ1v) is 12.9. The van der Waals surface area contributed by atoms with Crippen molar-refractivity contribution in [1.82, 2.24) is 14.9 Å². The van der Waals surface area contributed by atoms with Gasteiger partial charge in [0.15, 0.2) is 5.16 Å². The van der Waals surface area contributed by atoms with Crippen LogP contribution in [0.3, 0.4) is 0 Å². The Hall–Kier alpha value is -3.10. The van der Waals surface area contributed by atoms with Crippen LogP contribution in [0.25, 0.3) is 0 Å². The van der Waals surface area contributed by atoms with E-state index < -0.39 is 0 Å². The van der Waals surface area contributed by atoms with Gasteiger partial charge in [-0.15, -0.1) is 0 Å². The Morgan fingerprint density at radius 3 is 2.63 bits per heavy atom. The lowest BCUT2D eigenvalue weighted by molar-refractivity contribution is -0.113. The smallest absolute Gasteiger partial charge is 0.253 e. The van der Waals surface area contributed by atoms with E-state index in [1.807, 2.05) is 45.0 Å². The van der Waals surface area contributed by atoms with E-state index in [1.54, 1.807) is 24.3 Å². The second kappa shape index (κ2) is 11.6. The van der Waals surface area contributed by atoms with E-state index in [1.165, 1.54) is 17.3 Å². The minimum atomic E-state index is -0.229. The molecule has 2 amide bonds. The summed E-state index contributed by atoms with van der Waals surface area (Å²) in [5, 5.41) is 6.65. The van der Waals surface area contributed by atoms with Crippen molar-refractivity contribution in [2.75, 3.05) is 17.7 Å². The van der Waals surface area contributed by atoms with Gasteiger partial charge < -0.3 is 19.9 Å². The molecule has 7 nitrogen and oxygen atoms in total. The molecular formula is C27H32N4O3S. The average Bonchev–Trinajstić information content (AvgIpc) is 3.46. The highest BCUT2D eigenvalue weighted by Crippen LogP contribution is 2.25. The molecular weight excluding hydrogens is 460 g/mol. The lowest BCUT2D eigenvalue weighted by Gasteiger charge is -2.15. The number of para-hydroxylation sites is 1. The van der Waals surface area contributed by atoms with Gasteiger partial charge in [0, 0.05) is 18.8 Å². The summed E-state index contributed by atoms with van der Waals surface area (Å²) in [7, 11) is 0. The Morgan fingerprint density at radius 2 is 1.89 bits per heavy atom. The van der Waals surface area contributed by atoms with Crippen LogP contribution in [-0.2, 0) is 22.6 Å². The Balaban J connectivity index is 1.36. The van der Waals surface area contributed by atoms with Crippen LogP contribution >= 0.6 is 11.8 Å². The van der Waals surface area contributed by atoms with E-state index in [0.717, 1.165) is 48.1 Å². The van der Waals surface area contributed by atoms with Crippen LogP contribution in [0.5, 0.6) is 0 Å². The summed E-state index contributed by atoms with van der Waals surface area (Å²) in [6.45, 7) is 8.04. The zero-order valence-electron chi connectivity index (χ0n) is 20.5. The number of anilines is 1. The van der Waals surface area contributed by atoms with E-state index in [9.17, 15) is 9.59 Å². The molecule has 2 heterocycles. The van der Waals surface area contributed by atoms with Gasteiger partial charge in [0.25, 0.3) is 5.91 Å². The first kappa shape index (κ1) is 25.0. The van der Waals surface area contributed by atoms with Crippen molar-refractivity contribution in [2.45, 2.75) is 58.0 Å². The Bertz CT molecular complexity index is 1180. The lowest BCUT2D eigenvalue weighted by atomic mass is 10.1. The van der Waals surface area contributed by atoms with Crippen LogP contribution in [0.2, 0.25) is 0 Å². The molecule has 0 unspecified atom stereocenters. The minimum Gasteiger partial charge on any atom is -0.376 e. The third kappa shape index (κ3) is 6.52. The predicted molar refractivity (Wildman–Crippen MR) is 139 cm³/mol. The third-order valence-electron chi connectivity index (χ3n) is 6.18. The number of thioether (sulfide) groups is 1. The molecule has 3 aromatic rings. The molecule has 0 spiro atoms. The maximum absolute atomic E-state index is 12.8. The van der Waals surface area contributed by atoms with E-state index >= 15 is 0 Å². The minimum absolute atomic E-state index is 0.184. The fraction of sp³-hybridized carbons (Fsp3) is 0.370. The number of benzene rings is 2. The second-order valence-electron chi connectivity index (χ2n) is 8.86. The van der Waals surface area contributed by atoms with Crippen LogP contribution < -0.4 is 10.6 Å². The molecule has 1 aliphatic rings. The number of nitrogens with zero attached hydrogens (tertiary/aromatic N) is 2. The van der Waals surface area contributed by atoms with Gasteiger partial charge in [0.2, 0.25) is 5.91 Å². The normalized spacial score (nSPS) is 15.2. The van der Waals surface area contributed by atoms with Gasteiger partial charge in [0.1, 0.15) is 0 Å². The molecule has 1 saturated heterocycles. The van der Waals surface area contributed by atoms with Crippen molar-refractivity contribution in [3.63, 3.8) is 0 Å². The zero-order chi connectivity index (χ0) is 24.8. The van der Waals surface area contributed by atoms with Gasteiger partial charge in [-0.25, -0.2) is 4.98 Å². The monoisotopic (exact) mass is 492 g/mol. The topological polar surface area (TPSA) is 85.3 Å². The Labute approximate surface area is 210 Å². The zero-order valence-corrected chi connectivity index (χ0v) is 21.3. The summed E-state index contributed by atoms with van der Waals surface area (Å²) in [6.07, 6.45) is 2.32. The molecule has 0 radical (unpaired) electrons. The number of hydrogen-bond acceptors (Lipinski definition) is 5. The molecule has 4 rings (SSSR count). The van der Waals surface area contributed by atoms with Crippen LogP contribution in [0, 0.1) is 20.8 Å². The quantitative estimate of drug-likeness (QED) is 0.425. The second-order valence-corrected chi connectivity index (χ2v) is 9.80. The van der Waals surface area contributed by atoms with Crippen molar-refractivity contribution in [3.8, 4) is 0 Å². The number of aryl methyl sites for hydroxylation is 2. The largest absolute Gasteiger partial charge is 0.376 e. The number of nitrogens with one attached hydrogen (secondary N) is 2. The van der Waals surface area contributed by atoms with Crippen LogP contribution in [0.15, 0.2) is 53.7 Å². The van der Waals surface area contributed by atoms with Gasteiger partial charge in [-0.2, -0.15) is 0 Å². The molecule has 2 aromatic carbocycles.